The third-order valence-corrected chi connectivity index (χ3v) is 11.2. The Morgan fingerprint density at radius 3 is 1.95 bits per heavy atom. The average Bonchev–Trinajstić information content (AvgIpc) is 3.41. The van der Waals surface area contributed by atoms with E-state index in [2.05, 4.69) is 29.8 Å². The molecule has 0 amide bonds. The number of Topliss-reactive ketones (excluding diaryl/α,β-unsaturated/α-hetero) is 1. The first kappa shape index (κ1) is 53.5. The van der Waals surface area contributed by atoms with Crippen LogP contribution in [0.15, 0.2) is 12.2 Å². The van der Waals surface area contributed by atoms with Crippen LogP contribution >= 0.6 is 15.6 Å². The molecule has 1 rings (SSSR count). The first-order chi connectivity index (χ1) is 26.9. The standard InChI is InChI=1S/C39H72O16P2/c1-4-5-13-19-31(40)23-24-35-34(36(42)25-37(35)43)20-15-11-12-17-22-39(45)55-33(29-54-57(49,50)53-27-32(41)26-52-56(46,47)48)28-51-38(44)21-16-10-8-6-7-9-14-18-30(2)3/h23-24,30-35,37,40-41,43H,4-22,25-29H2,1-3H3,(H,49,50)(H2,46,47,48)/b24-23+/t31-,32-,33+,34+,35+,37+/m0/s1. The van der Waals surface area contributed by atoms with Gasteiger partial charge in [0.25, 0.3) is 0 Å². The molecule has 0 aromatic rings. The summed E-state index contributed by atoms with van der Waals surface area (Å²) in [5.74, 6) is -1.17. The fraction of sp³-hybridized carbons (Fsp3) is 0.872. The summed E-state index contributed by atoms with van der Waals surface area (Å²) in [6.45, 7) is 3.60. The molecule has 1 unspecified atom stereocenters. The van der Waals surface area contributed by atoms with Crippen LogP contribution in [-0.4, -0.2) is 98.6 Å². The molecule has 0 aromatic carbocycles. The Hall–Kier alpha value is -1.55. The molecule has 0 heterocycles. The van der Waals surface area contributed by atoms with Gasteiger partial charge in [-0.3, -0.25) is 28.0 Å². The minimum absolute atomic E-state index is 0.000912. The number of phosphoric ester groups is 2. The maximum absolute atomic E-state index is 12.7. The summed E-state index contributed by atoms with van der Waals surface area (Å²) < 4.78 is 47.6. The van der Waals surface area contributed by atoms with Crippen LogP contribution in [0.4, 0.5) is 0 Å². The Morgan fingerprint density at radius 2 is 1.32 bits per heavy atom. The third kappa shape index (κ3) is 28.5. The second-order valence-corrected chi connectivity index (χ2v) is 18.2. The zero-order valence-corrected chi connectivity index (χ0v) is 36.1. The van der Waals surface area contributed by atoms with Gasteiger partial charge in [0.05, 0.1) is 32.0 Å². The predicted molar refractivity (Wildman–Crippen MR) is 213 cm³/mol. The van der Waals surface area contributed by atoms with E-state index in [9.17, 15) is 43.7 Å². The number of unbranched alkanes of at least 4 members (excludes halogenated alkanes) is 11. The van der Waals surface area contributed by atoms with Crippen LogP contribution in [0.2, 0.25) is 0 Å². The highest BCUT2D eigenvalue weighted by atomic mass is 31.2. The van der Waals surface area contributed by atoms with E-state index in [1.807, 2.05) is 0 Å². The molecular weight excluding hydrogens is 786 g/mol. The van der Waals surface area contributed by atoms with Crippen molar-refractivity contribution in [2.24, 2.45) is 17.8 Å². The van der Waals surface area contributed by atoms with Crippen molar-refractivity contribution in [3.05, 3.63) is 12.2 Å². The van der Waals surface area contributed by atoms with Gasteiger partial charge in [0.1, 0.15) is 18.5 Å². The monoisotopic (exact) mass is 858 g/mol. The SMILES string of the molecule is CCCCC[C@H](O)/C=C/[C@H]1[C@H](O)CC(=O)[C@@H]1CCCCCCC(=O)O[C@H](COC(=O)CCCCCCCCCC(C)C)COP(=O)(O)OC[C@@H](O)COP(=O)(O)O. The molecule has 0 spiro atoms. The Morgan fingerprint density at radius 1 is 0.754 bits per heavy atom. The van der Waals surface area contributed by atoms with E-state index in [1.165, 1.54) is 19.3 Å². The van der Waals surface area contributed by atoms with Crippen LogP contribution < -0.4 is 0 Å². The first-order valence-corrected chi connectivity index (χ1v) is 23.9. The minimum Gasteiger partial charge on any atom is -0.462 e. The molecule has 0 saturated heterocycles. The maximum atomic E-state index is 12.7. The van der Waals surface area contributed by atoms with Gasteiger partial charge < -0.3 is 39.5 Å². The second kappa shape index (κ2) is 30.5. The number of rotatable bonds is 35. The van der Waals surface area contributed by atoms with E-state index < -0.39 is 78.4 Å². The summed E-state index contributed by atoms with van der Waals surface area (Å²) in [4.78, 5) is 65.3. The number of aliphatic hydroxyl groups is 3. The Kier molecular flexibility index (Phi) is 28.6. The highest BCUT2D eigenvalue weighted by Gasteiger charge is 2.39. The molecule has 7 atom stereocenters. The summed E-state index contributed by atoms with van der Waals surface area (Å²) >= 11 is 0. The van der Waals surface area contributed by atoms with Gasteiger partial charge in [-0.2, -0.15) is 0 Å². The number of ether oxygens (including phenoxy) is 2. The number of esters is 2. The molecule has 0 bridgehead atoms. The van der Waals surface area contributed by atoms with Crippen LogP contribution in [0.3, 0.4) is 0 Å². The molecule has 6 N–H and O–H groups in total. The van der Waals surface area contributed by atoms with Gasteiger partial charge in [0, 0.05) is 31.1 Å². The number of hydrogen-bond acceptors (Lipinski definition) is 13. The summed E-state index contributed by atoms with van der Waals surface area (Å²) in [6.07, 6.45) is 14.4. The van der Waals surface area contributed by atoms with Gasteiger partial charge >= 0.3 is 27.6 Å². The van der Waals surface area contributed by atoms with Crippen molar-refractivity contribution < 1.29 is 76.6 Å². The van der Waals surface area contributed by atoms with E-state index in [1.54, 1.807) is 12.2 Å². The van der Waals surface area contributed by atoms with Gasteiger partial charge in [-0.1, -0.05) is 116 Å². The molecule has 1 fully saturated rings. The van der Waals surface area contributed by atoms with Crippen LogP contribution in [0.5, 0.6) is 0 Å². The lowest BCUT2D eigenvalue weighted by Crippen LogP contribution is -2.30. The first-order valence-electron chi connectivity index (χ1n) is 20.8. The largest absolute Gasteiger partial charge is 0.472 e. The molecule has 1 aliphatic carbocycles. The van der Waals surface area contributed by atoms with E-state index in [0.717, 1.165) is 44.9 Å². The molecule has 0 radical (unpaired) electrons. The van der Waals surface area contributed by atoms with Crippen LogP contribution in [0.1, 0.15) is 149 Å². The lowest BCUT2D eigenvalue weighted by Gasteiger charge is -2.20. The highest BCUT2D eigenvalue weighted by Crippen LogP contribution is 2.44. The lowest BCUT2D eigenvalue weighted by molar-refractivity contribution is -0.161. The van der Waals surface area contributed by atoms with E-state index in [0.29, 0.717) is 50.9 Å². The van der Waals surface area contributed by atoms with Crippen molar-refractivity contribution >= 4 is 33.4 Å². The van der Waals surface area contributed by atoms with Gasteiger partial charge in [0.2, 0.25) is 0 Å². The second-order valence-electron chi connectivity index (χ2n) is 15.5. The van der Waals surface area contributed by atoms with E-state index in [4.69, 9.17) is 23.8 Å². The predicted octanol–water partition coefficient (Wildman–Crippen LogP) is 6.62. The topological polar surface area (TPSA) is 253 Å². The summed E-state index contributed by atoms with van der Waals surface area (Å²) in [7, 11) is -9.76. The van der Waals surface area contributed by atoms with Crippen molar-refractivity contribution in [1.29, 1.82) is 0 Å². The molecule has 1 saturated carbocycles. The summed E-state index contributed by atoms with van der Waals surface area (Å²) in [5, 5.41) is 30.4. The maximum Gasteiger partial charge on any atom is 0.472 e. The van der Waals surface area contributed by atoms with E-state index >= 15 is 0 Å². The fourth-order valence-electron chi connectivity index (χ4n) is 6.49. The molecule has 0 aromatic heterocycles. The van der Waals surface area contributed by atoms with Crippen molar-refractivity contribution in [3.63, 3.8) is 0 Å². The van der Waals surface area contributed by atoms with Crippen molar-refractivity contribution in [1.82, 2.24) is 0 Å². The zero-order valence-electron chi connectivity index (χ0n) is 34.3. The number of ketones is 1. The molecule has 1 aliphatic rings. The van der Waals surface area contributed by atoms with Crippen LogP contribution in [0.25, 0.3) is 0 Å². The summed E-state index contributed by atoms with van der Waals surface area (Å²) in [5.41, 5.74) is 0. The fourth-order valence-corrected chi connectivity index (χ4v) is 7.64. The Bertz CT molecular complexity index is 1240. The van der Waals surface area contributed by atoms with Gasteiger partial charge in [-0.15, -0.1) is 0 Å². The van der Waals surface area contributed by atoms with Crippen molar-refractivity contribution in [2.75, 3.05) is 26.4 Å². The normalized spacial score (nSPS) is 20.2. The Labute approximate surface area is 339 Å². The minimum atomic E-state index is -4.89. The average molecular weight is 859 g/mol. The Balaban J connectivity index is 2.58. The quantitative estimate of drug-likeness (QED) is 0.0170. The van der Waals surface area contributed by atoms with E-state index in [-0.39, 0.29) is 36.9 Å². The third-order valence-electron chi connectivity index (χ3n) is 9.72. The number of aliphatic hydroxyl groups excluding tert-OH is 3. The van der Waals surface area contributed by atoms with Gasteiger partial charge in [-0.05, 0) is 31.6 Å². The zero-order chi connectivity index (χ0) is 42.7. The van der Waals surface area contributed by atoms with Gasteiger partial charge in [0.15, 0.2) is 6.10 Å². The van der Waals surface area contributed by atoms with Gasteiger partial charge in [-0.25, -0.2) is 9.13 Å². The molecule has 18 heteroatoms. The number of phosphoric acid groups is 2. The number of carbonyl (C=O) groups is 3. The molecular formula is C39H72O16P2. The molecule has 0 aliphatic heterocycles. The highest BCUT2D eigenvalue weighted by molar-refractivity contribution is 7.47. The van der Waals surface area contributed by atoms with Crippen LogP contribution in [0, 0.1) is 17.8 Å². The molecule has 57 heavy (non-hydrogen) atoms. The van der Waals surface area contributed by atoms with Crippen LogP contribution in [-0.2, 0) is 46.6 Å². The van der Waals surface area contributed by atoms with Crippen molar-refractivity contribution in [3.8, 4) is 0 Å². The lowest BCUT2D eigenvalue weighted by atomic mass is 9.88. The molecule has 16 nitrogen and oxygen atoms in total. The number of hydrogen-bond donors (Lipinski definition) is 6. The smallest absolute Gasteiger partial charge is 0.462 e. The van der Waals surface area contributed by atoms with Crippen molar-refractivity contribution in [2.45, 2.75) is 174 Å². The number of carbonyl (C=O) groups excluding carboxylic acids is 3. The summed E-state index contributed by atoms with van der Waals surface area (Å²) in [6, 6.07) is 0. The molecule has 334 valence electrons.